The maximum Gasteiger partial charge on any atom is 0.220 e. The second kappa shape index (κ2) is 7.46. The molecule has 0 unspecified atom stereocenters. The fourth-order valence-electron chi connectivity index (χ4n) is 2.69. The van der Waals surface area contributed by atoms with Crippen molar-refractivity contribution >= 4 is 5.91 Å². The molecule has 4 nitrogen and oxygen atoms in total. The van der Waals surface area contributed by atoms with E-state index in [1.54, 1.807) is 0 Å². The third kappa shape index (κ3) is 5.05. The van der Waals surface area contributed by atoms with E-state index in [0.717, 1.165) is 37.0 Å². The summed E-state index contributed by atoms with van der Waals surface area (Å²) < 4.78 is 5.66. The van der Waals surface area contributed by atoms with Gasteiger partial charge in [-0.15, -0.1) is 0 Å². The molecule has 116 valence electrons. The molecule has 0 saturated heterocycles. The summed E-state index contributed by atoms with van der Waals surface area (Å²) in [6.07, 6.45) is 4.81. The van der Waals surface area contributed by atoms with E-state index in [9.17, 15) is 9.90 Å². The van der Waals surface area contributed by atoms with Gasteiger partial charge in [-0.25, -0.2) is 0 Å². The number of rotatable bonds is 7. The van der Waals surface area contributed by atoms with Crippen molar-refractivity contribution < 1.29 is 14.6 Å². The zero-order chi connectivity index (χ0) is 15.1. The first-order chi connectivity index (χ1) is 10.1. The van der Waals surface area contributed by atoms with Crippen molar-refractivity contribution in [1.29, 1.82) is 0 Å². The molecular weight excluding hydrogens is 266 g/mol. The summed E-state index contributed by atoms with van der Waals surface area (Å²) in [4.78, 5) is 11.7. The SMILES string of the molecule is Cc1ccccc1OCCCC(=O)NCC1(O)CCCC1. The van der Waals surface area contributed by atoms with E-state index in [-0.39, 0.29) is 5.91 Å². The van der Waals surface area contributed by atoms with Gasteiger partial charge in [-0.2, -0.15) is 0 Å². The van der Waals surface area contributed by atoms with Crippen LogP contribution >= 0.6 is 0 Å². The Morgan fingerprint density at radius 3 is 2.76 bits per heavy atom. The molecule has 0 atom stereocenters. The molecule has 0 spiro atoms. The zero-order valence-electron chi connectivity index (χ0n) is 12.7. The predicted octanol–water partition coefficient (Wildman–Crippen LogP) is 2.58. The lowest BCUT2D eigenvalue weighted by Crippen LogP contribution is -2.40. The maximum atomic E-state index is 11.7. The summed E-state index contributed by atoms with van der Waals surface area (Å²) in [6, 6.07) is 7.86. The van der Waals surface area contributed by atoms with Gasteiger partial charge >= 0.3 is 0 Å². The number of carbonyl (C=O) groups is 1. The average Bonchev–Trinajstić information content (AvgIpc) is 2.90. The third-order valence-corrected chi connectivity index (χ3v) is 4.05. The van der Waals surface area contributed by atoms with Gasteiger partial charge in [0.15, 0.2) is 0 Å². The van der Waals surface area contributed by atoms with Crippen molar-refractivity contribution in [3.8, 4) is 5.75 Å². The quantitative estimate of drug-likeness (QED) is 0.759. The highest BCUT2D eigenvalue weighted by Gasteiger charge is 2.31. The van der Waals surface area contributed by atoms with E-state index in [1.165, 1.54) is 0 Å². The van der Waals surface area contributed by atoms with Gasteiger partial charge in [0.25, 0.3) is 0 Å². The summed E-state index contributed by atoms with van der Waals surface area (Å²) in [5, 5.41) is 13.0. The lowest BCUT2D eigenvalue weighted by Gasteiger charge is -2.22. The zero-order valence-corrected chi connectivity index (χ0v) is 12.7. The largest absolute Gasteiger partial charge is 0.493 e. The van der Waals surface area contributed by atoms with E-state index in [4.69, 9.17) is 4.74 Å². The number of amides is 1. The highest BCUT2D eigenvalue weighted by molar-refractivity contribution is 5.75. The predicted molar refractivity (Wildman–Crippen MR) is 82.3 cm³/mol. The van der Waals surface area contributed by atoms with Gasteiger partial charge in [-0.3, -0.25) is 4.79 Å². The van der Waals surface area contributed by atoms with Crippen molar-refractivity contribution in [2.45, 2.75) is 51.0 Å². The number of hydrogen-bond acceptors (Lipinski definition) is 3. The van der Waals surface area contributed by atoms with Gasteiger partial charge in [0.1, 0.15) is 5.75 Å². The molecule has 1 fully saturated rings. The highest BCUT2D eigenvalue weighted by atomic mass is 16.5. The van der Waals surface area contributed by atoms with Crippen LogP contribution in [0.15, 0.2) is 24.3 Å². The minimum absolute atomic E-state index is 0.0105. The molecule has 0 bridgehead atoms. The Labute approximate surface area is 126 Å². The fourth-order valence-corrected chi connectivity index (χ4v) is 2.69. The second-order valence-electron chi connectivity index (χ2n) is 5.93. The standard InChI is InChI=1S/C17H25NO3/c1-14-7-2-3-8-15(14)21-12-6-9-16(19)18-13-17(20)10-4-5-11-17/h2-3,7-8,20H,4-6,9-13H2,1H3,(H,18,19). The Morgan fingerprint density at radius 1 is 1.33 bits per heavy atom. The maximum absolute atomic E-state index is 11.7. The van der Waals surface area contributed by atoms with E-state index in [0.29, 0.717) is 26.0 Å². The first-order valence-electron chi connectivity index (χ1n) is 7.77. The van der Waals surface area contributed by atoms with Crippen LogP contribution in [0.4, 0.5) is 0 Å². The third-order valence-electron chi connectivity index (χ3n) is 4.05. The van der Waals surface area contributed by atoms with E-state index in [1.807, 2.05) is 31.2 Å². The number of benzene rings is 1. The van der Waals surface area contributed by atoms with Gasteiger partial charge in [-0.05, 0) is 37.8 Å². The Balaban J connectivity index is 1.60. The molecule has 4 heteroatoms. The van der Waals surface area contributed by atoms with Crippen LogP contribution in [0.1, 0.15) is 44.1 Å². The van der Waals surface area contributed by atoms with Crippen LogP contribution in [-0.4, -0.2) is 29.8 Å². The molecule has 1 aliphatic rings. The molecule has 1 aromatic rings. The van der Waals surface area contributed by atoms with Gasteiger partial charge in [0.2, 0.25) is 5.91 Å². The van der Waals surface area contributed by atoms with E-state index in [2.05, 4.69) is 5.32 Å². The molecule has 2 rings (SSSR count). The minimum atomic E-state index is -0.673. The van der Waals surface area contributed by atoms with Gasteiger partial charge in [0, 0.05) is 13.0 Å². The molecule has 0 heterocycles. The molecule has 21 heavy (non-hydrogen) atoms. The molecule has 0 aromatic heterocycles. The van der Waals surface area contributed by atoms with Crippen molar-refractivity contribution in [2.75, 3.05) is 13.2 Å². The molecule has 1 aliphatic carbocycles. The second-order valence-corrected chi connectivity index (χ2v) is 5.93. The number of ether oxygens (including phenoxy) is 1. The van der Waals surface area contributed by atoms with Crippen LogP contribution in [0.2, 0.25) is 0 Å². The highest BCUT2D eigenvalue weighted by Crippen LogP contribution is 2.28. The van der Waals surface area contributed by atoms with Crippen molar-refractivity contribution in [3.63, 3.8) is 0 Å². The normalized spacial score (nSPS) is 16.7. The van der Waals surface area contributed by atoms with Crippen LogP contribution in [0.25, 0.3) is 0 Å². The van der Waals surface area contributed by atoms with Gasteiger partial charge in [-0.1, -0.05) is 31.0 Å². The van der Waals surface area contributed by atoms with Crippen molar-refractivity contribution in [3.05, 3.63) is 29.8 Å². The topological polar surface area (TPSA) is 58.6 Å². The number of nitrogens with one attached hydrogen (secondary N) is 1. The smallest absolute Gasteiger partial charge is 0.220 e. The van der Waals surface area contributed by atoms with Crippen LogP contribution in [-0.2, 0) is 4.79 Å². The summed E-state index contributed by atoms with van der Waals surface area (Å²) in [5.41, 5.74) is 0.429. The lowest BCUT2D eigenvalue weighted by molar-refractivity contribution is -0.122. The van der Waals surface area contributed by atoms with Gasteiger partial charge in [0.05, 0.1) is 12.2 Å². The summed E-state index contributed by atoms with van der Waals surface area (Å²) in [7, 11) is 0. The van der Waals surface area contributed by atoms with Crippen LogP contribution in [0.5, 0.6) is 5.75 Å². The summed E-state index contributed by atoms with van der Waals surface area (Å²) >= 11 is 0. The summed E-state index contributed by atoms with van der Waals surface area (Å²) in [5.74, 6) is 0.863. The number of hydrogen-bond donors (Lipinski definition) is 2. The molecule has 1 aromatic carbocycles. The van der Waals surface area contributed by atoms with Gasteiger partial charge < -0.3 is 15.2 Å². The average molecular weight is 291 g/mol. The first-order valence-corrected chi connectivity index (χ1v) is 7.77. The Morgan fingerprint density at radius 2 is 2.05 bits per heavy atom. The minimum Gasteiger partial charge on any atom is -0.493 e. The fraction of sp³-hybridized carbons (Fsp3) is 0.588. The molecular formula is C17H25NO3. The van der Waals surface area contributed by atoms with Crippen LogP contribution in [0, 0.1) is 6.92 Å². The Hall–Kier alpha value is -1.55. The molecule has 2 N–H and O–H groups in total. The molecule has 1 amide bonds. The van der Waals surface area contributed by atoms with E-state index < -0.39 is 5.60 Å². The number of para-hydroxylation sites is 1. The van der Waals surface area contributed by atoms with Crippen molar-refractivity contribution in [2.24, 2.45) is 0 Å². The lowest BCUT2D eigenvalue weighted by atomic mass is 10.0. The van der Waals surface area contributed by atoms with Crippen LogP contribution in [0.3, 0.4) is 0 Å². The number of aryl methyl sites for hydroxylation is 1. The monoisotopic (exact) mass is 291 g/mol. The Kier molecular flexibility index (Phi) is 5.62. The summed E-state index contributed by atoms with van der Waals surface area (Å²) in [6.45, 7) is 2.91. The molecule has 0 aliphatic heterocycles. The van der Waals surface area contributed by atoms with E-state index >= 15 is 0 Å². The number of aliphatic hydroxyl groups is 1. The first kappa shape index (κ1) is 15.8. The Bertz CT molecular complexity index is 467. The van der Waals surface area contributed by atoms with Crippen molar-refractivity contribution in [1.82, 2.24) is 5.32 Å². The molecule has 0 radical (unpaired) electrons. The molecule has 1 saturated carbocycles. The van der Waals surface area contributed by atoms with Crippen LogP contribution < -0.4 is 10.1 Å². The number of carbonyl (C=O) groups excluding carboxylic acids is 1.